The fraction of sp³-hybridized carbons (Fsp3) is 0.182. The number of hydrogen-bond acceptors (Lipinski definition) is 4. The lowest BCUT2D eigenvalue weighted by Gasteiger charge is -2.40. The van der Waals surface area contributed by atoms with E-state index < -0.39 is 10.0 Å². The summed E-state index contributed by atoms with van der Waals surface area (Å²) in [5, 5.41) is 4.60. The lowest BCUT2D eigenvalue weighted by molar-refractivity contribution is 0.129. The Kier molecular flexibility index (Phi) is 7.60. The number of rotatable bonds is 8. The molecule has 0 spiro atoms. The summed E-state index contributed by atoms with van der Waals surface area (Å²) in [6.07, 6.45) is 2.15. The van der Waals surface area contributed by atoms with Gasteiger partial charge in [-0.25, -0.2) is 13.1 Å². The van der Waals surface area contributed by atoms with Gasteiger partial charge in [0, 0.05) is 37.8 Å². The van der Waals surface area contributed by atoms with Crippen molar-refractivity contribution < 1.29 is 8.42 Å². The summed E-state index contributed by atoms with van der Waals surface area (Å²) < 4.78 is 32.5. The van der Waals surface area contributed by atoms with Crippen molar-refractivity contribution in [2.75, 3.05) is 19.6 Å². The first-order valence-electron chi connectivity index (χ1n) is 13.6. The molecule has 6 rings (SSSR count). The monoisotopic (exact) mass is 548 g/mol. The van der Waals surface area contributed by atoms with E-state index in [1.165, 1.54) is 11.8 Å². The normalized spacial score (nSPS) is 16.6. The average Bonchev–Trinajstić information content (AvgIpc) is 3.46. The van der Waals surface area contributed by atoms with Crippen molar-refractivity contribution in [2.45, 2.75) is 23.9 Å². The van der Waals surface area contributed by atoms with E-state index in [4.69, 9.17) is 0 Å². The molecule has 40 heavy (non-hydrogen) atoms. The molecule has 0 saturated carbocycles. The number of hydrogen-bond donors (Lipinski definition) is 0. The van der Waals surface area contributed by atoms with Gasteiger partial charge in [-0.05, 0) is 29.7 Å². The zero-order chi connectivity index (χ0) is 27.4. The van der Waals surface area contributed by atoms with Crippen LogP contribution in [-0.4, -0.2) is 53.1 Å². The number of nitrogens with zero attached hydrogens (tertiary/aromatic N) is 4. The molecular formula is C33H32N4O2S. The first-order valence-corrected chi connectivity index (χ1v) is 15.0. The predicted molar refractivity (Wildman–Crippen MR) is 159 cm³/mol. The van der Waals surface area contributed by atoms with Crippen LogP contribution in [0.4, 0.5) is 0 Å². The van der Waals surface area contributed by atoms with Crippen molar-refractivity contribution in [3.05, 3.63) is 139 Å². The van der Waals surface area contributed by atoms with Crippen LogP contribution in [0.1, 0.15) is 11.1 Å². The van der Waals surface area contributed by atoms with Gasteiger partial charge in [0.05, 0.1) is 17.6 Å². The van der Waals surface area contributed by atoms with Crippen molar-refractivity contribution >= 4 is 10.0 Å². The van der Waals surface area contributed by atoms with Crippen LogP contribution < -0.4 is 0 Å². The molecule has 1 fully saturated rings. The first-order chi connectivity index (χ1) is 19.6. The van der Waals surface area contributed by atoms with Crippen LogP contribution >= 0.6 is 0 Å². The highest BCUT2D eigenvalue weighted by atomic mass is 32.2. The molecule has 6 nitrogen and oxygen atoms in total. The van der Waals surface area contributed by atoms with Crippen LogP contribution in [0.25, 0.3) is 16.9 Å². The number of piperazine rings is 1. The summed E-state index contributed by atoms with van der Waals surface area (Å²) in [5.41, 5.74) is 4.56. The topological polar surface area (TPSA) is 58.4 Å². The molecule has 0 unspecified atom stereocenters. The lowest BCUT2D eigenvalue weighted by Crippen LogP contribution is -2.55. The fourth-order valence-electron chi connectivity index (χ4n) is 5.53. The van der Waals surface area contributed by atoms with Gasteiger partial charge in [-0.15, -0.1) is 0 Å². The van der Waals surface area contributed by atoms with Gasteiger partial charge in [-0.3, -0.25) is 4.90 Å². The summed E-state index contributed by atoms with van der Waals surface area (Å²) in [7, 11) is -3.87. The van der Waals surface area contributed by atoms with E-state index in [9.17, 15) is 8.42 Å². The summed E-state index contributed by atoms with van der Waals surface area (Å²) in [4.78, 5) is 2.60. The fourth-order valence-corrected chi connectivity index (χ4v) is 7.27. The second kappa shape index (κ2) is 11.6. The minimum atomic E-state index is -3.87. The van der Waals surface area contributed by atoms with Crippen LogP contribution in [-0.2, 0) is 23.0 Å². The van der Waals surface area contributed by atoms with E-state index >= 15 is 0 Å². The highest BCUT2D eigenvalue weighted by Crippen LogP contribution is 2.33. The third-order valence-corrected chi connectivity index (χ3v) is 9.40. The molecule has 1 saturated heterocycles. The SMILES string of the molecule is O=S(=O)(c1cnn(-c2ccccc2)c1-c1ccccc1)N1CCN(Cc2ccccc2)C[C@H]1Cc1ccccc1. The number of para-hydroxylation sites is 1. The maximum Gasteiger partial charge on any atom is 0.247 e. The van der Waals surface area contributed by atoms with Gasteiger partial charge in [0.15, 0.2) is 0 Å². The smallest absolute Gasteiger partial charge is 0.247 e. The van der Waals surface area contributed by atoms with E-state index in [-0.39, 0.29) is 10.9 Å². The Morgan fingerprint density at radius 2 is 1.27 bits per heavy atom. The molecule has 0 aliphatic carbocycles. The molecule has 1 aliphatic heterocycles. The van der Waals surface area contributed by atoms with Crippen molar-refractivity contribution in [3.8, 4) is 16.9 Å². The Bertz CT molecular complexity index is 1640. The van der Waals surface area contributed by atoms with E-state index in [2.05, 4.69) is 34.3 Å². The largest absolute Gasteiger partial charge is 0.296 e. The second-order valence-corrected chi connectivity index (χ2v) is 12.0. The lowest BCUT2D eigenvalue weighted by atomic mass is 10.0. The second-order valence-electron chi connectivity index (χ2n) is 10.2. The molecule has 0 amide bonds. The Morgan fingerprint density at radius 1 is 0.700 bits per heavy atom. The summed E-state index contributed by atoms with van der Waals surface area (Å²) in [6, 6.07) is 39.7. The highest BCUT2D eigenvalue weighted by molar-refractivity contribution is 7.89. The van der Waals surface area contributed by atoms with Crippen LogP contribution in [0.3, 0.4) is 0 Å². The van der Waals surface area contributed by atoms with Gasteiger partial charge in [-0.2, -0.15) is 9.40 Å². The molecule has 5 aromatic rings. The van der Waals surface area contributed by atoms with Gasteiger partial charge >= 0.3 is 0 Å². The summed E-state index contributed by atoms with van der Waals surface area (Å²) in [6.45, 7) is 2.52. The third-order valence-electron chi connectivity index (χ3n) is 7.45. The zero-order valence-corrected chi connectivity index (χ0v) is 23.1. The van der Waals surface area contributed by atoms with E-state index in [1.54, 1.807) is 8.99 Å². The minimum absolute atomic E-state index is 0.214. The van der Waals surface area contributed by atoms with Crippen LogP contribution in [0.5, 0.6) is 0 Å². The van der Waals surface area contributed by atoms with E-state index in [0.717, 1.165) is 23.4 Å². The molecule has 0 N–H and O–H groups in total. The Labute approximate surface area is 236 Å². The molecule has 1 atom stereocenters. The highest BCUT2D eigenvalue weighted by Gasteiger charge is 2.39. The Balaban J connectivity index is 1.39. The van der Waals surface area contributed by atoms with Gasteiger partial charge in [0.2, 0.25) is 10.0 Å². The third kappa shape index (κ3) is 5.49. The number of aromatic nitrogens is 2. The maximum absolute atomic E-state index is 14.5. The molecule has 2 heterocycles. The van der Waals surface area contributed by atoms with E-state index in [0.29, 0.717) is 31.7 Å². The van der Waals surface area contributed by atoms with Crippen molar-refractivity contribution in [1.82, 2.24) is 19.0 Å². The van der Waals surface area contributed by atoms with Gasteiger partial charge in [0.1, 0.15) is 4.90 Å². The number of benzene rings is 4. The standard InChI is InChI=1S/C33H32N4O2S/c38-40(39,32-24-34-37(30-19-11-4-12-20-30)33(32)29-17-9-3-10-18-29)36-22-21-35(25-28-15-7-2-8-16-28)26-31(36)23-27-13-5-1-6-14-27/h1-20,24,31H,21-23,25-26H2/t31-/m1/s1. The summed E-state index contributed by atoms with van der Waals surface area (Å²) in [5.74, 6) is 0. The van der Waals surface area contributed by atoms with Crippen molar-refractivity contribution in [1.29, 1.82) is 0 Å². The summed E-state index contributed by atoms with van der Waals surface area (Å²) >= 11 is 0. The quantitative estimate of drug-likeness (QED) is 0.251. The van der Waals surface area contributed by atoms with Gasteiger partial charge in [-0.1, -0.05) is 109 Å². The minimum Gasteiger partial charge on any atom is -0.296 e. The molecule has 202 valence electrons. The van der Waals surface area contributed by atoms with Crippen LogP contribution in [0, 0.1) is 0 Å². The van der Waals surface area contributed by atoms with Crippen molar-refractivity contribution in [3.63, 3.8) is 0 Å². The molecule has 1 aliphatic rings. The molecule has 7 heteroatoms. The van der Waals surface area contributed by atoms with Gasteiger partial charge < -0.3 is 0 Å². The molecule has 1 aromatic heterocycles. The number of sulfonamides is 1. The maximum atomic E-state index is 14.5. The van der Waals surface area contributed by atoms with Crippen LogP contribution in [0.2, 0.25) is 0 Å². The zero-order valence-electron chi connectivity index (χ0n) is 22.3. The van der Waals surface area contributed by atoms with Crippen LogP contribution in [0.15, 0.2) is 132 Å². The molecule has 4 aromatic carbocycles. The van der Waals surface area contributed by atoms with E-state index in [1.807, 2.05) is 97.1 Å². The molecule has 0 bridgehead atoms. The Morgan fingerprint density at radius 3 is 1.93 bits per heavy atom. The molecule has 0 radical (unpaired) electrons. The van der Waals surface area contributed by atoms with Gasteiger partial charge in [0.25, 0.3) is 0 Å². The molecular weight excluding hydrogens is 516 g/mol. The first kappa shape index (κ1) is 26.2. The predicted octanol–water partition coefficient (Wildman–Crippen LogP) is 5.66. The Hall–Kier alpha value is -4.04. The average molecular weight is 549 g/mol. The van der Waals surface area contributed by atoms with Crippen molar-refractivity contribution in [2.24, 2.45) is 0 Å².